The lowest BCUT2D eigenvalue weighted by molar-refractivity contribution is -0.206. The van der Waals surface area contributed by atoms with Gasteiger partial charge in [0.2, 0.25) is 11.6 Å². The SMILES string of the molecule is COc1cc([C@H]2[C@H]3CO[C@@]4(O)C(=O)[C@@H]2C=C([C@H]2Oc5cc(O)cc(O)c5C(=O)[C@@H]2O)[C@@H]34)ccc1O. The fourth-order valence-electron chi connectivity index (χ4n) is 6.16. The summed E-state index contributed by atoms with van der Waals surface area (Å²) in [6, 6.07) is 6.91. The van der Waals surface area contributed by atoms with E-state index in [9.17, 15) is 35.1 Å². The molecule has 0 amide bonds. The fraction of sp³-hybridized carbons (Fsp3) is 0.360. The first-order chi connectivity index (χ1) is 16.7. The van der Waals surface area contributed by atoms with Crippen molar-refractivity contribution in [2.45, 2.75) is 23.9 Å². The van der Waals surface area contributed by atoms with Crippen molar-refractivity contribution >= 4 is 11.6 Å². The van der Waals surface area contributed by atoms with Gasteiger partial charge in [0.25, 0.3) is 0 Å². The van der Waals surface area contributed by atoms with E-state index in [0.717, 1.165) is 12.1 Å². The van der Waals surface area contributed by atoms with E-state index in [-0.39, 0.29) is 35.2 Å². The number of benzene rings is 2. The molecule has 2 aliphatic heterocycles. The van der Waals surface area contributed by atoms with Crippen LogP contribution in [0.15, 0.2) is 42.0 Å². The van der Waals surface area contributed by atoms with Gasteiger partial charge in [-0.05, 0) is 23.3 Å². The summed E-state index contributed by atoms with van der Waals surface area (Å²) in [4.78, 5) is 26.2. The summed E-state index contributed by atoms with van der Waals surface area (Å²) in [6.07, 6.45) is -1.37. The molecule has 10 nitrogen and oxygen atoms in total. The molecule has 1 saturated carbocycles. The van der Waals surface area contributed by atoms with Crippen LogP contribution in [-0.2, 0) is 9.53 Å². The molecule has 0 unspecified atom stereocenters. The van der Waals surface area contributed by atoms with Gasteiger partial charge in [-0.2, -0.15) is 0 Å². The molecule has 7 rings (SSSR count). The second-order valence-corrected chi connectivity index (χ2v) is 9.35. The van der Waals surface area contributed by atoms with E-state index in [1.807, 2.05) is 0 Å². The highest BCUT2D eigenvalue weighted by Gasteiger charge is 2.69. The van der Waals surface area contributed by atoms with Crippen LogP contribution in [0.1, 0.15) is 21.8 Å². The van der Waals surface area contributed by atoms with Crippen LogP contribution in [0.4, 0.5) is 0 Å². The third kappa shape index (κ3) is 2.81. The number of phenols is 3. The molecule has 5 aliphatic rings. The number of ketones is 2. The van der Waals surface area contributed by atoms with Crippen molar-refractivity contribution in [3.8, 4) is 28.7 Å². The zero-order valence-electron chi connectivity index (χ0n) is 18.4. The summed E-state index contributed by atoms with van der Waals surface area (Å²) >= 11 is 0. The maximum Gasteiger partial charge on any atom is 0.234 e. The summed E-state index contributed by atoms with van der Waals surface area (Å²) < 4.78 is 16.7. The van der Waals surface area contributed by atoms with E-state index < -0.39 is 59.0 Å². The zero-order chi connectivity index (χ0) is 24.8. The molecule has 7 atom stereocenters. The van der Waals surface area contributed by atoms with Crippen molar-refractivity contribution in [3.63, 3.8) is 0 Å². The Hall–Kier alpha value is -3.60. The lowest BCUT2D eigenvalue weighted by Crippen LogP contribution is -2.60. The summed E-state index contributed by atoms with van der Waals surface area (Å²) in [7, 11) is 1.42. The third-order valence-electron chi connectivity index (χ3n) is 7.62. The van der Waals surface area contributed by atoms with E-state index in [1.54, 1.807) is 18.2 Å². The van der Waals surface area contributed by atoms with Gasteiger partial charge in [0.15, 0.2) is 29.5 Å². The number of fused-ring (bicyclic) bond motifs is 1. The van der Waals surface area contributed by atoms with Crippen LogP contribution in [0.2, 0.25) is 0 Å². The van der Waals surface area contributed by atoms with Gasteiger partial charge in [-0.1, -0.05) is 12.1 Å². The number of aliphatic hydroxyl groups excluding tert-OH is 1. The number of methoxy groups -OCH3 is 1. The normalized spacial score (nSPS) is 34.9. The predicted molar refractivity (Wildman–Crippen MR) is 116 cm³/mol. The number of hydrogen-bond acceptors (Lipinski definition) is 10. The number of aliphatic hydroxyl groups is 2. The van der Waals surface area contributed by atoms with E-state index in [1.165, 1.54) is 13.2 Å². The van der Waals surface area contributed by atoms with Crippen LogP contribution >= 0.6 is 0 Å². The molecule has 3 aliphatic carbocycles. The van der Waals surface area contributed by atoms with Crippen LogP contribution in [0.25, 0.3) is 0 Å². The average Bonchev–Trinajstić information content (AvgIpc) is 3.14. The molecule has 0 aromatic heterocycles. The van der Waals surface area contributed by atoms with Crippen molar-refractivity contribution in [2.24, 2.45) is 17.8 Å². The molecule has 2 aromatic carbocycles. The Labute approximate surface area is 198 Å². The minimum absolute atomic E-state index is 0.0452. The van der Waals surface area contributed by atoms with Crippen LogP contribution in [0, 0.1) is 17.8 Å². The standard InChI is InChI=1S/C25H22O10/c1-33-16-4-9(2-3-14(16)27)18-11-7-12(20-13(18)8-34-25(20,32)24(11)31)23-22(30)21(29)19-15(28)5-10(26)6-17(19)35-23/h2-7,11,13,18,20,22-23,26-28,30,32H,8H2,1H3/t11-,13-,18-,20+,22+,23-,25-/m1/s1. The number of Topliss-reactive ketones (excluding diaryl/α,β-unsaturated/α-hetero) is 2. The second-order valence-electron chi connectivity index (χ2n) is 9.35. The number of phenolic OH excluding ortho intramolecular Hbond substituents is 3. The molecule has 0 radical (unpaired) electrons. The Morgan fingerprint density at radius 1 is 1.09 bits per heavy atom. The smallest absolute Gasteiger partial charge is 0.234 e. The summed E-state index contributed by atoms with van der Waals surface area (Å²) in [5.41, 5.74) is 0.796. The zero-order valence-corrected chi connectivity index (χ0v) is 18.4. The van der Waals surface area contributed by atoms with Crippen LogP contribution in [-0.4, -0.2) is 68.8 Å². The molecule has 4 bridgehead atoms. The Morgan fingerprint density at radius 2 is 1.86 bits per heavy atom. The van der Waals surface area contributed by atoms with Crippen molar-refractivity contribution in [1.82, 2.24) is 0 Å². The summed E-state index contributed by atoms with van der Waals surface area (Å²) in [5.74, 6) is -6.84. The minimum atomic E-state index is -2.13. The van der Waals surface area contributed by atoms with Crippen molar-refractivity contribution in [2.75, 3.05) is 13.7 Å². The predicted octanol–water partition coefficient (Wildman–Crippen LogP) is 0.990. The molecule has 5 N–H and O–H groups in total. The second kappa shape index (κ2) is 7.20. The molecule has 35 heavy (non-hydrogen) atoms. The van der Waals surface area contributed by atoms with E-state index in [4.69, 9.17) is 14.2 Å². The molecule has 1 saturated heterocycles. The number of allylic oxidation sites excluding steroid dienone is 1. The Kier molecular flexibility index (Phi) is 4.51. The van der Waals surface area contributed by atoms with E-state index in [0.29, 0.717) is 11.1 Å². The lowest BCUT2D eigenvalue weighted by atomic mass is 9.55. The maximum atomic E-state index is 13.3. The van der Waals surface area contributed by atoms with Gasteiger partial charge < -0.3 is 39.7 Å². The van der Waals surface area contributed by atoms with Crippen molar-refractivity contribution in [1.29, 1.82) is 0 Å². The summed E-state index contributed by atoms with van der Waals surface area (Å²) in [5, 5.41) is 52.0. The molecular formula is C25H22O10. The lowest BCUT2D eigenvalue weighted by Gasteiger charge is -2.50. The maximum absolute atomic E-state index is 13.3. The highest BCUT2D eigenvalue weighted by molar-refractivity contribution is 6.06. The first kappa shape index (κ1) is 21.9. The largest absolute Gasteiger partial charge is 0.508 e. The first-order valence-electron chi connectivity index (χ1n) is 11.1. The molecule has 2 fully saturated rings. The number of aromatic hydroxyl groups is 3. The number of hydrogen-bond donors (Lipinski definition) is 5. The van der Waals surface area contributed by atoms with Gasteiger partial charge in [0.05, 0.1) is 19.6 Å². The highest BCUT2D eigenvalue weighted by atomic mass is 16.6. The Balaban J connectivity index is 1.46. The van der Waals surface area contributed by atoms with Crippen molar-refractivity contribution < 1.29 is 49.3 Å². The summed E-state index contributed by atoms with van der Waals surface area (Å²) in [6.45, 7) is 0.0452. The molecular weight excluding hydrogens is 460 g/mol. The Morgan fingerprint density at radius 3 is 2.60 bits per heavy atom. The Bertz CT molecular complexity index is 1320. The topological polar surface area (TPSA) is 163 Å². The molecule has 0 spiro atoms. The van der Waals surface area contributed by atoms with E-state index >= 15 is 0 Å². The average molecular weight is 482 g/mol. The van der Waals surface area contributed by atoms with Crippen LogP contribution < -0.4 is 9.47 Å². The van der Waals surface area contributed by atoms with Crippen LogP contribution in [0.5, 0.6) is 28.7 Å². The van der Waals surface area contributed by atoms with Gasteiger partial charge in [-0.15, -0.1) is 0 Å². The minimum Gasteiger partial charge on any atom is -0.508 e. The molecule has 182 valence electrons. The molecule has 2 aromatic rings. The van der Waals surface area contributed by atoms with Gasteiger partial charge >= 0.3 is 0 Å². The molecule has 2 heterocycles. The number of carbonyl (C=O) groups excluding carboxylic acids is 2. The monoisotopic (exact) mass is 482 g/mol. The first-order valence-corrected chi connectivity index (χ1v) is 11.1. The molecule has 10 heteroatoms. The van der Waals surface area contributed by atoms with E-state index in [2.05, 4.69) is 0 Å². The highest BCUT2D eigenvalue weighted by Crippen LogP contribution is 2.61. The van der Waals surface area contributed by atoms with Gasteiger partial charge in [0.1, 0.15) is 22.8 Å². The number of carbonyl (C=O) groups is 2. The van der Waals surface area contributed by atoms with Crippen LogP contribution in [0.3, 0.4) is 0 Å². The fourth-order valence-corrected chi connectivity index (χ4v) is 6.16. The van der Waals surface area contributed by atoms with Crippen molar-refractivity contribution in [3.05, 3.63) is 53.1 Å². The van der Waals surface area contributed by atoms with Gasteiger partial charge in [-0.25, -0.2) is 0 Å². The third-order valence-corrected chi connectivity index (χ3v) is 7.62. The van der Waals surface area contributed by atoms with Gasteiger partial charge in [0, 0.05) is 29.9 Å². The number of rotatable bonds is 3. The quantitative estimate of drug-likeness (QED) is 0.399. The number of ether oxygens (including phenoxy) is 3. The van der Waals surface area contributed by atoms with Gasteiger partial charge in [-0.3, -0.25) is 9.59 Å².